The third-order valence-corrected chi connectivity index (χ3v) is 3.88. The third-order valence-electron chi connectivity index (χ3n) is 2.40. The van der Waals surface area contributed by atoms with E-state index in [1.807, 2.05) is 0 Å². The maximum Gasteiger partial charge on any atom is 0.347 e. The van der Waals surface area contributed by atoms with Gasteiger partial charge in [0.2, 0.25) is 0 Å². The molecule has 0 spiro atoms. The van der Waals surface area contributed by atoms with Crippen molar-refractivity contribution in [1.82, 2.24) is 4.98 Å². The highest BCUT2D eigenvalue weighted by molar-refractivity contribution is 7.17. The molecule has 0 aliphatic rings. The second-order valence-electron chi connectivity index (χ2n) is 3.56. The van der Waals surface area contributed by atoms with E-state index in [4.69, 9.17) is 21.4 Å². The first-order valence-corrected chi connectivity index (χ1v) is 6.27. The van der Waals surface area contributed by atoms with Crippen LogP contribution in [0.3, 0.4) is 0 Å². The van der Waals surface area contributed by atoms with Gasteiger partial charge in [0, 0.05) is 0 Å². The lowest BCUT2D eigenvalue weighted by Crippen LogP contribution is -1.94. The van der Waals surface area contributed by atoms with Gasteiger partial charge in [-0.3, -0.25) is 0 Å². The lowest BCUT2D eigenvalue weighted by atomic mass is 10.2. The Morgan fingerprint density at radius 1 is 1.50 bits per heavy atom. The van der Waals surface area contributed by atoms with Gasteiger partial charge in [-0.2, -0.15) is 0 Å². The molecule has 1 N–H and O–H groups in total. The standard InChI is InChI=1S/C12H10ClNO3S/c1-6-10(12(15)16)18-11(14-6)9-7(13)4-3-5-8(9)17-2/h3-5H,1-2H3,(H,15,16). The Hall–Kier alpha value is -1.59. The molecule has 0 saturated heterocycles. The predicted molar refractivity (Wildman–Crippen MR) is 70.8 cm³/mol. The van der Waals surface area contributed by atoms with E-state index in [0.29, 0.717) is 27.0 Å². The summed E-state index contributed by atoms with van der Waals surface area (Å²) in [6.07, 6.45) is 0. The highest BCUT2D eigenvalue weighted by atomic mass is 35.5. The number of aromatic carboxylic acids is 1. The summed E-state index contributed by atoms with van der Waals surface area (Å²) in [7, 11) is 1.54. The highest BCUT2D eigenvalue weighted by Gasteiger charge is 2.19. The van der Waals surface area contributed by atoms with Crippen LogP contribution in [-0.4, -0.2) is 23.2 Å². The number of carboxylic acids is 1. The first-order valence-electron chi connectivity index (χ1n) is 5.08. The van der Waals surface area contributed by atoms with E-state index in [1.54, 1.807) is 25.1 Å². The van der Waals surface area contributed by atoms with Crippen molar-refractivity contribution in [2.45, 2.75) is 6.92 Å². The Labute approximate surface area is 113 Å². The minimum absolute atomic E-state index is 0.215. The van der Waals surface area contributed by atoms with E-state index in [-0.39, 0.29) is 4.88 Å². The summed E-state index contributed by atoms with van der Waals surface area (Å²) >= 11 is 7.21. The molecule has 1 heterocycles. The van der Waals surface area contributed by atoms with Crippen LogP contribution < -0.4 is 4.74 Å². The third kappa shape index (κ3) is 2.19. The van der Waals surface area contributed by atoms with Gasteiger partial charge >= 0.3 is 5.97 Å². The molecule has 0 aliphatic carbocycles. The van der Waals surface area contributed by atoms with Crippen LogP contribution in [0.25, 0.3) is 10.6 Å². The molecule has 2 aromatic rings. The molecule has 0 unspecified atom stereocenters. The molecule has 1 aromatic heterocycles. The second-order valence-corrected chi connectivity index (χ2v) is 4.96. The number of benzene rings is 1. The van der Waals surface area contributed by atoms with Gasteiger partial charge in [0.25, 0.3) is 0 Å². The van der Waals surface area contributed by atoms with Crippen molar-refractivity contribution in [3.63, 3.8) is 0 Å². The minimum Gasteiger partial charge on any atom is -0.496 e. The molecule has 0 aliphatic heterocycles. The molecule has 2 rings (SSSR count). The number of carboxylic acid groups (broad SMARTS) is 1. The van der Waals surface area contributed by atoms with Gasteiger partial charge in [-0.25, -0.2) is 9.78 Å². The SMILES string of the molecule is COc1cccc(Cl)c1-c1nc(C)c(C(=O)O)s1. The average Bonchev–Trinajstić information content (AvgIpc) is 2.70. The van der Waals surface area contributed by atoms with Crippen molar-refractivity contribution in [3.8, 4) is 16.3 Å². The lowest BCUT2D eigenvalue weighted by Gasteiger charge is -2.07. The monoisotopic (exact) mass is 283 g/mol. The summed E-state index contributed by atoms with van der Waals surface area (Å²) in [5, 5.41) is 10.1. The molecule has 4 nitrogen and oxygen atoms in total. The van der Waals surface area contributed by atoms with Crippen LogP contribution in [0.1, 0.15) is 15.4 Å². The van der Waals surface area contributed by atoms with Crippen LogP contribution in [0.5, 0.6) is 5.75 Å². The highest BCUT2D eigenvalue weighted by Crippen LogP contribution is 2.39. The number of nitrogens with zero attached hydrogens (tertiary/aromatic N) is 1. The Morgan fingerprint density at radius 3 is 2.78 bits per heavy atom. The summed E-state index contributed by atoms with van der Waals surface area (Å²) < 4.78 is 5.22. The zero-order valence-electron chi connectivity index (χ0n) is 9.73. The molecule has 0 atom stereocenters. The van der Waals surface area contributed by atoms with E-state index >= 15 is 0 Å². The summed E-state index contributed by atoms with van der Waals surface area (Å²) in [4.78, 5) is 15.5. The first kappa shape index (κ1) is 12.9. The van der Waals surface area contributed by atoms with Crippen molar-refractivity contribution in [1.29, 1.82) is 0 Å². The van der Waals surface area contributed by atoms with Crippen molar-refractivity contribution < 1.29 is 14.6 Å². The summed E-state index contributed by atoms with van der Waals surface area (Å²) in [5.41, 5.74) is 1.10. The molecule has 94 valence electrons. The average molecular weight is 284 g/mol. The molecule has 18 heavy (non-hydrogen) atoms. The largest absolute Gasteiger partial charge is 0.496 e. The quantitative estimate of drug-likeness (QED) is 0.937. The molecule has 0 bridgehead atoms. The van der Waals surface area contributed by atoms with E-state index < -0.39 is 5.97 Å². The molecule has 6 heteroatoms. The van der Waals surface area contributed by atoms with Crippen LogP contribution in [0.2, 0.25) is 5.02 Å². The van der Waals surface area contributed by atoms with Gasteiger partial charge in [-0.1, -0.05) is 17.7 Å². The van der Waals surface area contributed by atoms with Crippen LogP contribution in [0.4, 0.5) is 0 Å². The van der Waals surface area contributed by atoms with E-state index in [9.17, 15) is 4.79 Å². The summed E-state index contributed by atoms with van der Waals surface area (Å²) in [6.45, 7) is 1.66. The maximum atomic E-state index is 11.0. The number of carbonyl (C=O) groups is 1. The smallest absolute Gasteiger partial charge is 0.347 e. The van der Waals surface area contributed by atoms with Crippen LogP contribution in [0, 0.1) is 6.92 Å². The van der Waals surface area contributed by atoms with E-state index in [1.165, 1.54) is 7.11 Å². The number of aromatic nitrogens is 1. The van der Waals surface area contributed by atoms with Gasteiger partial charge in [-0.15, -0.1) is 11.3 Å². The number of hydrogen-bond acceptors (Lipinski definition) is 4. The number of rotatable bonds is 3. The van der Waals surface area contributed by atoms with Gasteiger partial charge in [0.1, 0.15) is 15.6 Å². The number of methoxy groups -OCH3 is 1. The van der Waals surface area contributed by atoms with Crippen molar-refractivity contribution in [3.05, 3.63) is 33.8 Å². The fourth-order valence-electron chi connectivity index (χ4n) is 1.58. The van der Waals surface area contributed by atoms with Gasteiger partial charge < -0.3 is 9.84 Å². The molecule has 0 radical (unpaired) electrons. The van der Waals surface area contributed by atoms with Crippen LogP contribution >= 0.6 is 22.9 Å². The predicted octanol–water partition coefficient (Wildman–Crippen LogP) is 3.48. The van der Waals surface area contributed by atoms with Crippen LogP contribution in [-0.2, 0) is 0 Å². The zero-order chi connectivity index (χ0) is 13.3. The zero-order valence-corrected chi connectivity index (χ0v) is 11.3. The van der Waals surface area contributed by atoms with E-state index in [2.05, 4.69) is 4.98 Å². The molecule has 0 amide bonds. The molecule has 1 aromatic carbocycles. The van der Waals surface area contributed by atoms with Gasteiger partial charge in [-0.05, 0) is 19.1 Å². The van der Waals surface area contributed by atoms with Crippen molar-refractivity contribution in [2.75, 3.05) is 7.11 Å². The molecule has 0 saturated carbocycles. The number of thiazole rings is 1. The Morgan fingerprint density at radius 2 is 2.22 bits per heavy atom. The number of aryl methyl sites for hydroxylation is 1. The normalized spacial score (nSPS) is 10.4. The lowest BCUT2D eigenvalue weighted by molar-refractivity contribution is 0.0701. The fraction of sp³-hybridized carbons (Fsp3) is 0.167. The minimum atomic E-state index is -0.984. The molecular weight excluding hydrogens is 274 g/mol. The number of hydrogen-bond donors (Lipinski definition) is 1. The Bertz CT molecular complexity index is 609. The Kier molecular flexibility index (Phi) is 3.54. The van der Waals surface area contributed by atoms with E-state index in [0.717, 1.165) is 11.3 Å². The van der Waals surface area contributed by atoms with Crippen LogP contribution in [0.15, 0.2) is 18.2 Å². The van der Waals surface area contributed by atoms with Crippen molar-refractivity contribution in [2.24, 2.45) is 0 Å². The number of ether oxygens (including phenoxy) is 1. The van der Waals surface area contributed by atoms with Gasteiger partial charge in [0.05, 0.1) is 23.4 Å². The van der Waals surface area contributed by atoms with Crippen molar-refractivity contribution >= 4 is 28.9 Å². The number of halogens is 1. The maximum absolute atomic E-state index is 11.0. The summed E-state index contributed by atoms with van der Waals surface area (Å²) in [5.74, 6) is -0.407. The second kappa shape index (κ2) is 4.96. The first-order chi connectivity index (χ1) is 8.54. The fourth-order valence-corrected chi connectivity index (χ4v) is 2.86. The summed E-state index contributed by atoms with van der Waals surface area (Å²) in [6, 6.07) is 5.25. The van der Waals surface area contributed by atoms with Gasteiger partial charge in [0.15, 0.2) is 0 Å². The molecule has 0 fully saturated rings. The molecular formula is C12H10ClNO3S. The topological polar surface area (TPSA) is 59.4 Å². The Balaban J connectivity index is 2.62.